The maximum atomic E-state index is 11.4. The zero-order valence-corrected chi connectivity index (χ0v) is 11.7. The number of carbonyl (C=O) groups is 1. The number of likely N-dealkylation sites (N-methyl/N-ethyl adjacent to an activating group) is 1. The summed E-state index contributed by atoms with van der Waals surface area (Å²) in [6.45, 7) is 5.74. The Morgan fingerprint density at radius 1 is 1.35 bits per heavy atom. The molecule has 0 unspecified atom stereocenters. The van der Waals surface area contributed by atoms with E-state index in [2.05, 4.69) is 29.6 Å². The van der Waals surface area contributed by atoms with Crippen molar-refractivity contribution >= 4 is 5.91 Å². The van der Waals surface area contributed by atoms with Crippen molar-refractivity contribution in [2.75, 3.05) is 27.2 Å². The van der Waals surface area contributed by atoms with Crippen molar-refractivity contribution in [3.05, 3.63) is 0 Å². The van der Waals surface area contributed by atoms with Crippen LogP contribution in [0.5, 0.6) is 0 Å². The molecule has 1 aliphatic rings. The number of hydrogen-bond acceptors (Lipinski definition) is 3. The highest BCUT2D eigenvalue weighted by atomic mass is 16.1. The number of carbonyl (C=O) groups excluding carboxylic acids is 1. The quantitative estimate of drug-likeness (QED) is 0.653. The Labute approximate surface area is 105 Å². The van der Waals surface area contributed by atoms with Gasteiger partial charge in [0.15, 0.2) is 0 Å². The molecule has 0 radical (unpaired) electrons. The smallest absolute Gasteiger partial charge is 0.221 e. The zero-order valence-electron chi connectivity index (χ0n) is 11.7. The molecular formula is C13H27N3O. The van der Waals surface area contributed by atoms with E-state index in [-0.39, 0.29) is 11.9 Å². The predicted octanol–water partition coefficient (Wildman–Crippen LogP) is 0.975. The molecular weight excluding hydrogens is 214 g/mol. The van der Waals surface area contributed by atoms with E-state index < -0.39 is 0 Å². The molecule has 0 saturated heterocycles. The zero-order chi connectivity index (χ0) is 12.9. The molecule has 100 valence electrons. The average molecular weight is 241 g/mol. The van der Waals surface area contributed by atoms with E-state index in [1.807, 2.05) is 13.8 Å². The van der Waals surface area contributed by atoms with Crippen molar-refractivity contribution in [3.8, 4) is 0 Å². The molecule has 0 bridgehead atoms. The molecule has 4 heteroatoms. The third-order valence-corrected chi connectivity index (χ3v) is 3.67. The second-order valence-corrected chi connectivity index (χ2v) is 5.62. The lowest BCUT2D eigenvalue weighted by molar-refractivity contribution is -0.121. The van der Waals surface area contributed by atoms with E-state index in [1.54, 1.807) is 0 Å². The molecule has 17 heavy (non-hydrogen) atoms. The highest BCUT2D eigenvalue weighted by Crippen LogP contribution is 2.35. The van der Waals surface area contributed by atoms with Crippen LogP contribution in [0.3, 0.4) is 0 Å². The monoisotopic (exact) mass is 241 g/mol. The molecule has 0 aromatic rings. The van der Waals surface area contributed by atoms with E-state index in [0.29, 0.717) is 12.0 Å². The van der Waals surface area contributed by atoms with Crippen molar-refractivity contribution in [3.63, 3.8) is 0 Å². The van der Waals surface area contributed by atoms with Gasteiger partial charge in [0.05, 0.1) is 0 Å². The van der Waals surface area contributed by atoms with Gasteiger partial charge in [0.25, 0.3) is 0 Å². The minimum Gasteiger partial charge on any atom is -0.354 e. The van der Waals surface area contributed by atoms with Crippen LogP contribution in [0.1, 0.15) is 39.5 Å². The van der Waals surface area contributed by atoms with Gasteiger partial charge >= 0.3 is 0 Å². The topological polar surface area (TPSA) is 44.4 Å². The summed E-state index contributed by atoms with van der Waals surface area (Å²) in [6.07, 6.45) is 4.44. The first-order chi connectivity index (χ1) is 7.96. The lowest BCUT2D eigenvalue weighted by atomic mass is 9.75. The van der Waals surface area contributed by atoms with E-state index in [4.69, 9.17) is 0 Å². The van der Waals surface area contributed by atoms with Crippen molar-refractivity contribution < 1.29 is 4.79 Å². The van der Waals surface area contributed by atoms with Crippen molar-refractivity contribution in [2.45, 2.75) is 51.1 Å². The lowest BCUT2D eigenvalue weighted by Crippen LogP contribution is -2.56. The standard InChI is InChI=1S/C13H27N3O/c1-11(2)15-12(17)6-9-14-10-13(16(3)4)7-5-8-13/h11,14H,5-10H2,1-4H3,(H,15,17). The van der Waals surface area contributed by atoms with Crippen LogP contribution in [0.4, 0.5) is 0 Å². The molecule has 1 fully saturated rings. The second-order valence-electron chi connectivity index (χ2n) is 5.62. The van der Waals surface area contributed by atoms with Crippen LogP contribution in [0.2, 0.25) is 0 Å². The molecule has 0 aliphatic heterocycles. The fourth-order valence-electron chi connectivity index (χ4n) is 2.28. The summed E-state index contributed by atoms with van der Waals surface area (Å²) < 4.78 is 0. The van der Waals surface area contributed by atoms with Crippen LogP contribution in [0.15, 0.2) is 0 Å². The fraction of sp³-hybridized carbons (Fsp3) is 0.923. The van der Waals surface area contributed by atoms with Gasteiger partial charge in [0.1, 0.15) is 0 Å². The minimum atomic E-state index is 0.139. The molecule has 0 heterocycles. The van der Waals surface area contributed by atoms with Crippen molar-refractivity contribution in [2.24, 2.45) is 0 Å². The van der Waals surface area contributed by atoms with Crippen LogP contribution < -0.4 is 10.6 Å². The summed E-state index contributed by atoms with van der Waals surface area (Å²) in [4.78, 5) is 13.8. The van der Waals surface area contributed by atoms with Crippen LogP contribution in [0.25, 0.3) is 0 Å². The van der Waals surface area contributed by atoms with Gasteiger partial charge in [0.2, 0.25) is 5.91 Å². The SMILES string of the molecule is CC(C)NC(=O)CCNCC1(N(C)C)CCC1. The number of rotatable bonds is 7. The molecule has 0 spiro atoms. The molecule has 0 aromatic heterocycles. The fourth-order valence-corrected chi connectivity index (χ4v) is 2.28. The summed E-state index contributed by atoms with van der Waals surface area (Å²) in [5, 5.41) is 6.31. The lowest BCUT2D eigenvalue weighted by Gasteiger charge is -2.47. The molecule has 1 aliphatic carbocycles. The van der Waals surface area contributed by atoms with Crippen molar-refractivity contribution in [1.29, 1.82) is 0 Å². The van der Waals surface area contributed by atoms with E-state index in [1.165, 1.54) is 19.3 Å². The van der Waals surface area contributed by atoms with Crippen LogP contribution in [-0.4, -0.2) is 49.6 Å². The van der Waals surface area contributed by atoms with Crippen molar-refractivity contribution in [1.82, 2.24) is 15.5 Å². The first-order valence-corrected chi connectivity index (χ1v) is 6.64. The predicted molar refractivity (Wildman–Crippen MR) is 71.0 cm³/mol. The summed E-state index contributed by atoms with van der Waals surface area (Å²) >= 11 is 0. The summed E-state index contributed by atoms with van der Waals surface area (Å²) in [5.74, 6) is 0.139. The Bertz CT molecular complexity index is 247. The molecule has 1 saturated carbocycles. The largest absolute Gasteiger partial charge is 0.354 e. The number of hydrogen-bond donors (Lipinski definition) is 2. The maximum absolute atomic E-state index is 11.4. The molecule has 1 rings (SSSR count). The minimum absolute atomic E-state index is 0.139. The molecule has 4 nitrogen and oxygen atoms in total. The van der Waals surface area contributed by atoms with Gasteiger partial charge in [-0.25, -0.2) is 0 Å². The first-order valence-electron chi connectivity index (χ1n) is 6.64. The van der Waals surface area contributed by atoms with Crippen LogP contribution in [-0.2, 0) is 4.79 Å². The number of nitrogens with zero attached hydrogens (tertiary/aromatic N) is 1. The van der Waals surface area contributed by atoms with Gasteiger partial charge in [-0.1, -0.05) is 0 Å². The van der Waals surface area contributed by atoms with Gasteiger partial charge < -0.3 is 15.5 Å². The van der Waals surface area contributed by atoms with Gasteiger partial charge in [-0.05, 0) is 47.2 Å². The molecule has 0 atom stereocenters. The highest BCUT2D eigenvalue weighted by molar-refractivity contribution is 5.76. The third kappa shape index (κ3) is 4.28. The Hall–Kier alpha value is -0.610. The summed E-state index contributed by atoms with van der Waals surface area (Å²) in [6, 6.07) is 0.238. The van der Waals surface area contributed by atoms with Crippen LogP contribution >= 0.6 is 0 Å². The van der Waals surface area contributed by atoms with E-state index in [9.17, 15) is 4.79 Å². The van der Waals surface area contributed by atoms with E-state index in [0.717, 1.165) is 13.1 Å². The van der Waals surface area contributed by atoms with Gasteiger partial charge in [-0.2, -0.15) is 0 Å². The Kier molecular flexibility index (Phi) is 5.40. The summed E-state index contributed by atoms with van der Waals surface area (Å²) in [5.41, 5.74) is 0.342. The maximum Gasteiger partial charge on any atom is 0.221 e. The molecule has 1 amide bonds. The Morgan fingerprint density at radius 3 is 2.41 bits per heavy atom. The highest BCUT2D eigenvalue weighted by Gasteiger charge is 2.38. The van der Waals surface area contributed by atoms with Gasteiger partial charge in [-0.3, -0.25) is 4.79 Å². The Morgan fingerprint density at radius 2 is 2.00 bits per heavy atom. The number of amides is 1. The van der Waals surface area contributed by atoms with Crippen LogP contribution in [0, 0.1) is 0 Å². The summed E-state index contributed by atoms with van der Waals surface area (Å²) in [7, 11) is 4.29. The molecule has 0 aromatic carbocycles. The van der Waals surface area contributed by atoms with Gasteiger partial charge in [-0.15, -0.1) is 0 Å². The normalized spacial score (nSPS) is 18.2. The molecule has 2 N–H and O–H groups in total. The first kappa shape index (κ1) is 14.5. The average Bonchev–Trinajstić information content (AvgIpc) is 2.13. The second kappa shape index (κ2) is 6.36. The van der Waals surface area contributed by atoms with Gasteiger partial charge in [0, 0.05) is 31.1 Å². The number of nitrogens with one attached hydrogen (secondary N) is 2. The van der Waals surface area contributed by atoms with E-state index >= 15 is 0 Å². The Balaban J connectivity index is 2.13. The third-order valence-electron chi connectivity index (χ3n) is 3.67.